The van der Waals surface area contributed by atoms with E-state index in [1.807, 2.05) is 19.1 Å². The van der Waals surface area contributed by atoms with Gasteiger partial charge in [0.05, 0.1) is 6.21 Å². The first kappa shape index (κ1) is 20.4. The molecule has 0 unspecified atom stereocenters. The van der Waals surface area contributed by atoms with Gasteiger partial charge in [-0.2, -0.15) is 5.10 Å². The number of hydrogen-bond donors (Lipinski definition) is 1. The van der Waals surface area contributed by atoms with Gasteiger partial charge in [-0.05, 0) is 31.2 Å². The number of amides is 1. The molecule has 0 radical (unpaired) electrons. The minimum atomic E-state index is -4.65. The van der Waals surface area contributed by atoms with Crippen molar-refractivity contribution in [3.63, 3.8) is 0 Å². The zero-order valence-corrected chi connectivity index (χ0v) is 15.9. The van der Waals surface area contributed by atoms with Crippen LogP contribution >= 0.6 is 0 Å². The maximum atomic E-state index is 11.5. The number of hydrogen-bond acceptors (Lipinski definition) is 7. The van der Waals surface area contributed by atoms with Gasteiger partial charge in [0.15, 0.2) is 16.7 Å². The van der Waals surface area contributed by atoms with Crippen LogP contribution in [0.1, 0.15) is 11.3 Å². The smallest absolute Gasteiger partial charge is 0.742 e. The first-order valence-corrected chi connectivity index (χ1v) is 7.82. The molecule has 2 aromatic rings. The Hall–Kier alpha value is -1.65. The SMILES string of the molecule is Cc1ccc(OCC(=O)N/N=C/c2ccc(S(=O)(=O)[O-])o2)cc1.[Na+]. The molecule has 0 aliphatic carbocycles. The van der Waals surface area contributed by atoms with Crippen molar-refractivity contribution in [2.75, 3.05) is 6.61 Å². The summed E-state index contributed by atoms with van der Waals surface area (Å²) in [5, 5.41) is 2.85. The van der Waals surface area contributed by atoms with E-state index in [0.29, 0.717) is 5.75 Å². The van der Waals surface area contributed by atoms with E-state index in [-0.39, 0.29) is 41.9 Å². The molecule has 2 rings (SSSR count). The molecule has 1 heterocycles. The average molecular weight is 360 g/mol. The molecule has 0 bridgehead atoms. The maximum Gasteiger partial charge on any atom is 1.00 e. The molecule has 8 nitrogen and oxygen atoms in total. The molecule has 0 spiro atoms. The van der Waals surface area contributed by atoms with Crippen LogP contribution < -0.4 is 39.7 Å². The van der Waals surface area contributed by atoms with E-state index < -0.39 is 21.1 Å². The summed E-state index contributed by atoms with van der Waals surface area (Å²) in [4.78, 5) is 11.5. The number of furan rings is 1. The van der Waals surface area contributed by atoms with Gasteiger partial charge in [-0.15, -0.1) is 0 Å². The van der Waals surface area contributed by atoms with E-state index in [4.69, 9.17) is 9.15 Å². The molecule has 24 heavy (non-hydrogen) atoms. The normalized spacial score (nSPS) is 11.1. The van der Waals surface area contributed by atoms with Crippen LogP contribution in [0, 0.1) is 6.92 Å². The van der Waals surface area contributed by atoms with Crippen molar-refractivity contribution in [2.24, 2.45) is 5.10 Å². The predicted molar refractivity (Wildman–Crippen MR) is 79.1 cm³/mol. The van der Waals surface area contributed by atoms with Crippen molar-refractivity contribution in [2.45, 2.75) is 12.0 Å². The number of carbonyl (C=O) groups excluding carboxylic acids is 1. The molecule has 0 saturated heterocycles. The number of nitrogens with one attached hydrogen (secondary N) is 1. The third-order valence-electron chi connectivity index (χ3n) is 2.62. The van der Waals surface area contributed by atoms with Gasteiger partial charge >= 0.3 is 29.6 Å². The van der Waals surface area contributed by atoms with Gasteiger partial charge in [0.1, 0.15) is 11.5 Å². The molecule has 1 aromatic heterocycles. The number of aryl methyl sites for hydroxylation is 1. The third kappa shape index (κ3) is 6.46. The predicted octanol–water partition coefficient (Wildman–Crippen LogP) is -1.97. The number of hydrazone groups is 1. The van der Waals surface area contributed by atoms with Gasteiger partial charge in [0, 0.05) is 0 Å². The molecular formula is C14H13N2NaO6S. The largest absolute Gasteiger partial charge is 1.00 e. The van der Waals surface area contributed by atoms with Crippen LogP contribution in [0.4, 0.5) is 0 Å². The Bertz CT molecular complexity index is 814. The fourth-order valence-electron chi connectivity index (χ4n) is 1.52. The number of ether oxygens (including phenoxy) is 1. The Morgan fingerprint density at radius 3 is 2.54 bits per heavy atom. The van der Waals surface area contributed by atoms with E-state index in [1.54, 1.807) is 12.1 Å². The van der Waals surface area contributed by atoms with Gasteiger partial charge in [-0.1, -0.05) is 17.7 Å². The molecule has 0 aliphatic heterocycles. The Kier molecular flexibility index (Phi) is 7.64. The molecule has 0 saturated carbocycles. The van der Waals surface area contributed by atoms with E-state index in [0.717, 1.165) is 17.8 Å². The number of carbonyl (C=O) groups is 1. The zero-order valence-electron chi connectivity index (χ0n) is 13.1. The first-order valence-electron chi connectivity index (χ1n) is 6.42. The van der Waals surface area contributed by atoms with Crippen LogP contribution in [0.25, 0.3) is 0 Å². The summed E-state index contributed by atoms with van der Waals surface area (Å²) in [6, 6.07) is 9.42. The maximum absolute atomic E-state index is 11.5. The van der Waals surface area contributed by atoms with E-state index in [9.17, 15) is 17.8 Å². The standard InChI is InChI=1S/C14H14N2O6S.Na/c1-10-2-4-11(5-3-10)21-9-13(17)16-15-8-12-6-7-14(22-12)23(18,19)20;/h2-8H,9H2,1H3,(H,16,17)(H,18,19,20);/q;+1/p-1/b15-8+;. The van der Waals surface area contributed by atoms with Crippen LogP contribution in [0.15, 0.2) is 51.0 Å². The van der Waals surface area contributed by atoms with Crippen LogP contribution in [0.5, 0.6) is 5.75 Å². The van der Waals surface area contributed by atoms with E-state index in [1.165, 1.54) is 6.07 Å². The molecule has 122 valence electrons. The first-order chi connectivity index (χ1) is 10.8. The van der Waals surface area contributed by atoms with Crippen LogP contribution in [0.3, 0.4) is 0 Å². The van der Waals surface area contributed by atoms with Crippen LogP contribution in [-0.2, 0) is 14.9 Å². The Balaban J connectivity index is 0.00000288. The van der Waals surface area contributed by atoms with Gasteiger partial charge < -0.3 is 13.7 Å². The molecule has 10 heteroatoms. The van der Waals surface area contributed by atoms with Crippen LogP contribution in [-0.4, -0.2) is 31.7 Å². The van der Waals surface area contributed by atoms with Crippen molar-refractivity contribution in [3.8, 4) is 5.75 Å². The third-order valence-corrected chi connectivity index (χ3v) is 3.33. The van der Waals surface area contributed by atoms with Crippen molar-refractivity contribution >= 4 is 22.2 Å². The van der Waals surface area contributed by atoms with Crippen molar-refractivity contribution in [1.82, 2.24) is 5.43 Å². The minimum absolute atomic E-state index is 0. The Morgan fingerprint density at radius 2 is 1.96 bits per heavy atom. The molecule has 0 atom stereocenters. The number of rotatable bonds is 6. The molecule has 1 aromatic carbocycles. The summed E-state index contributed by atoms with van der Waals surface area (Å²) in [7, 11) is -4.65. The number of benzene rings is 1. The summed E-state index contributed by atoms with van der Waals surface area (Å²) < 4.78 is 42.0. The summed E-state index contributed by atoms with van der Waals surface area (Å²) in [5.41, 5.74) is 3.25. The second-order valence-corrected chi connectivity index (χ2v) is 5.82. The average Bonchev–Trinajstić information content (AvgIpc) is 2.96. The molecule has 0 aliphatic rings. The van der Waals surface area contributed by atoms with Crippen molar-refractivity contribution in [3.05, 3.63) is 47.7 Å². The minimum Gasteiger partial charge on any atom is -0.742 e. The van der Waals surface area contributed by atoms with Crippen LogP contribution in [0.2, 0.25) is 0 Å². The summed E-state index contributed by atoms with van der Waals surface area (Å²) in [5.74, 6) is 0.0512. The fraction of sp³-hybridized carbons (Fsp3) is 0.143. The molecular weight excluding hydrogens is 347 g/mol. The second kappa shape index (κ2) is 9.00. The monoisotopic (exact) mass is 360 g/mol. The molecule has 1 amide bonds. The van der Waals surface area contributed by atoms with Gasteiger partial charge in [0.2, 0.25) is 5.09 Å². The quantitative estimate of drug-likeness (QED) is 0.276. The van der Waals surface area contributed by atoms with E-state index in [2.05, 4.69) is 10.5 Å². The van der Waals surface area contributed by atoms with Gasteiger partial charge in [0.25, 0.3) is 5.91 Å². The Morgan fingerprint density at radius 1 is 1.29 bits per heavy atom. The topological polar surface area (TPSA) is 121 Å². The fourth-order valence-corrected chi connectivity index (χ4v) is 1.95. The van der Waals surface area contributed by atoms with E-state index >= 15 is 0 Å². The van der Waals surface area contributed by atoms with Gasteiger partial charge in [-0.25, -0.2) is 13.8 Å². The second-order valence-electron chi connectivity index (χ2n) is 4.51. The van der Waals surface area contributed by atoms with Gasteiger partial charge in [-0.3, -0.25) is 4.79 Å². The summed E-state index contributed by atoms with van der Waals surface area (Å²) in [6.45, 7) is 1.70. The molecule has 1 N–H and O–H groups in total. The summed E-state index contributed by atoms with van der Waals surface area (Å²) >= 11 is 0. The van der Waals surface area contributed by atoms with Crippen molar-refractivity contribution in [1.29, 1.82) is 0 Å². The zero-order chi connectivity index (χ0) is 16.9. The molecule has 0 fully saturated rings. The van der Waals surface area contributed by atoms with Crippen molar-refractivity contribution < 1.29 is 56.5 Å². The summed E-state index contributed by atoms with van der Waals surface area (Å²) in [6.07, 6.45) is 1.07. The number of nitrogens with zero attached hydrogens (tertiary/aromatic N) is 1. The Labute approximate surface area is 160 Å².